The molecule has 4 saturated carbocycles. The standard InChI is InChI=1S/C9H15N/c10-9-4-6-1-7(5-9)3-8(9)2-6/h6-8H,1-5,10H2/p+1. The number of hydrogen-bond donors (Lipinski definition) is 1. The monoisotopic (exact) mass is 138 g/mol. The van der Waals surface area contributed by atoms with Crippen LogP contribution in [0.25, 0.3) is 0 Å². The zero-order chi connectivity index (χ0) is 6.77. The van der Waals surface area contributed by atoms with Crippen molar-refractivity contribution in [1.82, 2.24) is 0 Å². The van der Waals surface area contributed by atoms with Gasteiger partial charge < -0.3 is 5.73 Å². The van der Waals surface area contributed by atoms with Crippen molar-refractivity contribution in [3.8, 4) is 0 Å². The largest absolute Gasteiger partial charge is 0.352 e. The Labute approximate surface area is 62.0 Å². The van der Waals surface area contributed by atoms with E-state index >= 15 is 0 Å². The molecule has 0 aromatic carbocycles. The summed E-state index contributed by atoms with van der Waals surface area (Å²) in [5.41, 5.74) is 4.99. The van der Waals surface area contributed by atoms with Crippen LogP contribution in [0.4, 0.5) is 0 Å². The van der Waals surface area contributed by atoms with E-state index in [0.29, 0.717) is 5.54 Å². The Kier molecular flexibility index (Phi) is 0.797. The highest BCUT2D eigenvalue weighted by molar-refractivity contribution is 5.07. The molecular weight excluding hydrogens is 122 g/mol. The van der Waals surface area contributed by atoms with Crippen LogP contribution in [0.15, 0.2) is 0 Å². The van der Waals surface area contributed by atoms with Crippen molar-refractivity contribution in [2.45, 2.75) is 37.6 Å². The summed E-state index contributed by atoms with van der Waals surface area (Å²) in [7, 11) is 0. The molecule has 4 fully saturated rings. The second kappa shape index (κ2) is 1.42. The van der Waals surface area contributed by atoms with Gasteiger partial charge in [-0.2, -0.15) is 0 Å². The van der Waals surface area contributed by atoms with Crippen molar-refractivity contribution < 1.29 is 5.73 Å². The van der Waals surface area contributed by atoms with E-state index in [1.165, 1.54) is 25.7 Å². The molecule has 4 aliphatic carbocycles. The lowest BCUT2D eigenvalue weighted by Gasteiger charge is -2.25. The fourth-order valence-electron chi connectivity index (χ4n) is 3.96. The normalized spacial score (nSPS) is 63.9. The molecule has 0 spiro atoms. The van der Waals surface area contributed by atoms with Crippen LogP contribution in [0.3, 0.4) is 0 Å². The van der Waals surface area contributed by atoms with Crippen molar-refractivity contribution in [3.05, 3.63) is 0 Å². The van der Waals surface area contributed by atoms with Crippen molar-refractivity contribution in [2.24, 2.45) is 17.8 Å². The highest BCUT2D eigenvalue weighted by Crippen LogP contribution is 2.58. The van der Waals surface area contributed by atoms with Crippen LogP contribution in [0, 0.1) is 17.8 Å². The Morgan fingerprint density at radius 3 is 2.00 bits per heavy atom. The zero-order valence-corrected chi connectivity index (χ0v) is 6.47. The van der Waals surface area contributed by atoms with Crippen LogP contribution < -0.4 is 5.73 Å². The summed E-state index contributed by atoms with van der Waals surface area (Å²) in [5.74, 6) is 3.22. The van der Waals surface area contributed by atoms with E-state index in [1.54, 1.807) is 6.42 Å². The zero-order valence-electron chi connectivity index (χ0n) is 6.47. The molecule has 0 aromatic heterocycles. The van der Waals surface area contributed by atoms with E-state index in [1.807, 2.05) is 0 Å². The third-order valence-corrected chi connectivity index (χ3v) is 4.16. The van der Waals surface area contributed by atoms with E-state index in [2.05, 4.69) is 5.73 Å². The van der Waals surface area contributed by atoms with Crippen LogP contribution in [0.1, 0.15) is 32.1 Å². The maximum absolute atomic E-state index is 4.41. The lowest BCUT2D eigenvalue weighted by Crippen LogP contribution is -2.73. The molecule has 1 nitrogen and oxygen atoms in total. The quantitative estimate of drug-likeness (QED) is 0.513. The Bertz CT molecular complexity index is 162. The Morgan fingerprint density at radius 2 is 1.60 bits per heavy atom. The Hall–Kier alpha value is -0.0400. The van der Waals surface area contributed by atoms with E-state index < -0.39 is 0 Å². The molecule has 2 atom stereocenters. The Balaban J connectivity index is 2.04. The van der Waals surface area contributed by atoms with Gasteiger partial charge in [0.1, 0.15) is 0 Å². The summed E-state index contributed by atoms with van der Waals surface area (Å²) in [6, 6.07) is 0. The summed E-state index contributed by atoms with van der Waals surface area (Å²) in [6.07, 6.45) is 7.54. The van der Waals surface area contributed by atoms with E-state index in [4.69, 9.17) is 0 Å². The molecule has 2 unspecified atom stereocenters. The minimum absolute atomic E-state index is 0.577. The predicted molar refractivity (Wildman–Crippen MR) is 39.2 cm³/mol. The van der Waals surface area contributed by atoms with Crippen LogP contribution in [-0.2, 0) is 0 Å². The van der Waals surface area contributed by atoms with E-state index in [9.17, 15) is 0 Å². The summed E-state index contributed by atoms with van der Waals surface area (Å²) in [5, 5.41) is 0. The molecule has 4 bridgehead atoms. The van der Waals surface area contributed by atoms with Gasteiger partial charge in [0.05, 0.1) is 5.54 Å². The van der Waals surface area contributed by atoms with Crippen LogP contribution in [0.5, 0.6) is 0 Å². The van der Waals surface area contributed by atoms with Gasteiger partial charge in [-0.15, -0.1) is 0 Å². The average molecular weight is 138 g/mol. The summed E-state index contributed by atoms with van der Waals surface area (Å²) >= 11 is 0. The Morgan fingerprint density at radius 1 is 1.00 bits per heavy atom. The molecule has 0 saturated heterocycles. The maximum atomic E-state index is 4.41. The predicted octanol–water partition coefficient (Wildman–Crippen LogP) is 0.807. The van der Waals surface area contributed by atoms with Crippen molar-refractivity contribution in [2.75, 3.05) is 0 Å². The van der Waals surface area contributed by atoms with Crippen LogP contribution >= 0.6 is 0 Å². The summed E-state index contributed by atoms with van der Waals surface area (Å²) in [4.78, 5) is 0. The molecule has 0 aliphatic heterocycles. The average Bonchev–Trinajstić information content (AvgIpc) is 2.14. The third-order valence-electron chi connectivity index (χ3n) is 4.16. The molecule has 0 heterocycles. The van der Waals surface area contributed by atoms with Gasteiger partial charge in [-0.25, -0.2) is 0 Å². The minimum Gasteiger partial charge on any atom is -0.352 e. The van der Waals surface area contributed by atoms with Gasteiger partial charge in [-0.05, 0) is 31.1 Å². The molecule has 0 amide bonds. The molecule has 4 rings (SSSR count). The first-order chi connectivity index (χ1) is 4.76. The second-order valence-electron chi connectivity index (χ2n) is 4.91. The molecule has 4 aliphatic rings. The maximum Gasteiger partial charge on any atom is 0.0979 e. The van der Waals surface area contributed by atoms with Crippen LogP contribution in [0.2, 0.25) is 0 Å². The molecule has 1 heteroatoms. The van der Waals surface area contributed by atoms with E-state index in [0.717, 1.165) is 17.8 Å². The molecule has 3 N–H and O–H groups in total. The number of hydrogen-bond acceptors (Lipinski definition) is 0. The van der Waals surface area contributed by atoms with Gasteiger partial charge in [-0.3, -0.25) is 0 Å². The molecule has 0 aromatic rings. The molecular formula is C9H16N+. The topological polar surface area (TPSA) is 27.6 Å². The number of rotatable bonds is 0. The van der Waals surface area contributed by atoms with Crippen LogP contribution in [-0.4, -0.2) is 5.54 Å². The summed E-state index contributed by atoms with van der Waals surface area (Å²) < 4.78 is 0. The summed E-state index contributed by atoms with van der Waals surface area (Å²) in [6.45, 7) is 0. The molecule has 0 radical (unpaired) electrons. The van der Waals surface area contributed by atoms with Crippen molar-refractivity contribution in [1.29, 1.82) is 0 Å². The minimum atomic E-state index is 0.577. The van der Waals surface area contributed by atoms with Gasteiger partial charge in [0.2, 0.25) is 0 Å². The first-order valence-electron chi connectivity index (χ1n) is 4.62. The van der Waals surface area contributed by atoms with Gasteiger partial charge >= 0.3 is 0 Å². The second-order valence-corrected chi connectivity index (χ2v) is 4.91. The van der Waals surface area contributed by atoms with Gasteiger partial charge in [0.25, 0.3) is 0 Å². The van der Waals surface area contributed by atoms with Gasteiger partial charge in [0, 0.05) is 18.8 Å². The lowest BCUT2D eigenvalue weighted by atomic mass is 9.81. The highest BCUT2D eigenvalue weighted by atomic mass is 14.8. The smallest absolute Gasteiger partial charge is 0.0979 e. The first kappa shape index (κ1) is 5.59. The fraction of sp³-hybridized carbons (Fsp3) is 1.00. The molecule has 10 heavy (non-hydrogen) atoms. The molecule has 56 valence electrons. The first-order valence-corrected chi connectivity index (χ1v) is 4.62. The van der Waals surface area contributed by atoms with Crippen molar-refractivity contribution >= 4 is 0 Å². The van der Waals surface area contributed by atoms with Crippen molar-refractivity contribution in [3.63, 3.8) is 0 Å². The van der Waals surface area contributed by atoms with Gasteiger partial charge in [-0.1, -0.05) is 0 Å². The SMILES string of the molecule is [NH3+]C12CC3CC(CC1C3)C2. The third kappa shape index (κ3) is 0.493. The van der Waals surface area contributed by atoms with Gasteiger partial charge in [0.15, 0.2) is 0 Å². The lowest BCUT2D eigenvalue weighted by molar-refractivity contribution is -0.485. The number of quaternary nitrogens is 1. The fourth-order valence-corrected chi connectivity index (χ4v) is 3.96. The van der Waals surface area contributed by atoms with E-state index in [-0.39, 0.29) is 0 Å². The highest BCUT2D eigenvalue weighted by Gasteiger charge is 2.58.